The van der Waals surface area contributed by atoms with E-state index in [2.05, 4.69) is 16.3 Å². The van der Waals surface area contributed by atoms with Crippen molar-refractivity contribution >= 4 is 15.9 Å². The lowest BCUT2D eigenvalue weighted by Gasteiger charge is -2.25. The Balaban J connectivity index is 1.30. The van der Waals surface area contributed by atoms with Crippen molar-refractivity contribution in [2.75, 3.05) is 32.8 Å². The lowest BCUT2D eigenvalue weighted by Crippen LogP contribution is -2.37. The van der Waals surface area contributed by atoms with Crippen LogP contribution in [-0.2, 0) is 21.2 Å². The molecule has 2 aromatic rings. The molecule has 0 aliphatic carbocycles. The van der Waals surface area contributed by atoms with Crippen LogP contribution in [0, 0.1) is 0 Å². The molecule has 1 unspecified atom stereocenters. The molecule has 4 rings (SSSR count). The molecule has 0 aromatic heterocycles. The van der Waals surface area contributed by atoms with Crippen LogP contribution in [0.1, 0.15) is 36.4 Å². The highest BCUT2D eigenvalue weighted by Crippen LogP contribution is 2.37. The number of primary sulfonamides is 1. The van der Waals surface area contributed by atoms with Crippen molar-refractivity contribution in [3.05, 3.63) is 53.6 Å². The minimum absolute atomic E-state index is 0.0209. The Bertz CT molecular complexity index is 1060. The number of carbonyl (C=O) groups is 1. The Morgan fingerprint density at radius 3 is 2.56 bits per heavy atom. The zero-order valence-electron chi connectivity index (χ0n) is 18.0. The monoisotopic (exact) mass is 459 g/mol. The van der Waals surface area contributed by atoms with Crippen molar-refractivity contribution in [3.8, 4) is 11.5 Å². The van der Waals surface area contributed by atoms with Gasteiger partial charge in [-0.05, 0) is 61.2 Å². The van der Waals surface area contributed by atoms with Crippen LogP contribution in [0.2, 0.25) is 0 Å². The molecule has 0 saturated carbocycles. The molecule has 32 heavy (non-hydrogen) atoms. The van der Waals surface area contributed by atoms with E-state index in [0.29, 0.717) is 32.7 Å². The number of nitrogens with two attached hydrogens (primary N) is 1. The summed E-state index contributed by atoms with van der Waals surface area (Å²) in [5, 5.41) is 8.08. The third-order valence-electron chi connectivity index (χ3n) is 5.85. The van der Waals surface area contributed by atoms with Crippen molar-refractivity contribution in [2.45, 2.75) is 36.6 Å². The normalized spacial score (nSPS) is 18.8. The zero-order chi connectivity index (χ0) is 22.6. The molecule has 1 fully saturated rings. The number of hydrogen-bond acceptors (Lipinski definition) is 6. The number of nitrogens with zero attached hydrogens (tertiary/aromatic N) is 1. The fourth-order valence-electron chi connectivity index (χ4n) is 4.21. The lowest BCUT2D eigenvalue weighted by atomic mass is 10.0. The molecule has 0 radical (unpaired) electrons. The minimum Gasteiger partial charge on any atom is -0.490 e. The average Bonchev–Trinajstić information content (AvgIpc) is 3.08. The summed E-state index contributed by atoms with van der Waals surface area (Å²) in [4.78, 5) is 14.8. The maximum Gasteiger partial charge on any atom is 0.238 e. The summed E-state index contributed by atoms with van der Waals surface area (Å²) >= 11 is 0. The second kappa shape index (κ2) is 9.89. The number of amides is 1. The molecular formula is C23H29N3O5S. The molecule has 2 heterocycles. The summed E-state index contributed by atoms with van der Waals surface area (Å²) in [7, 11) is -3.69. The highest BCUT2D eigenvalue weighted by molar-refractivity contribution is 7.89. The Morgan fingerprint density at radius 1 is 1.06 bits per heavy atom. The fourth-order valence-corrected chi connectivity index (χ4v) is 4.73. The van der Waals surface area contributed by atoms with Crippen molar-refractivity contribution in [3.63, 3.8) is 0 Å². The molecule has 0 bridgehead atoms. The molecule has 8 nitrogen and oxygen atoms in total. The minimum atomic E-state index is -3.69. The second-order valence-corrected chi connectivity index (χ2v) is 9.74. The van der Waals surface area contributed by atoms with Gasteiger partial charge in [-0.15, -0.1) is 0 Å². The van der Waals surface area contributed by atoms with Gasteiger partial charge in [-0.1, -0.05) is 18.2 Å². The van der Waals surface area contributed by atoms with Crippen LogP contribution in [-0.4, -0.2) is 52.1 Å². The number of hydrogen-bond donors (Lipinski definition) is 2. The number of rotatable bonds is 7. The first-order valence-corrected chi connectivity index (χ1v) is 12.5. The standard InChI is InChI=1S/C23H29N3O5S/c24-32(28,29)19-7-4-17(5-8-19)10-11-25-23(27)16-26-12-1-3-20(26)18-6-9-21-22(15-18)31-14-2-13-30-21/h4-9,15,20H,1-3,10-14,16H2,(H,25,27)(H2,24,28,29). The summed E-state index contributed by atoms with van der Waals surface area (Å²) in [5.74, 6) is 1.54. The van der Waals surface area contributed by atoms with E-state index in [1.54, 1.807) is 12.1 Å². The first-order valence-electron chi connectivity index (χ1n) is 10.9. The van der Waals surface area contributed by atoms with E-state index in [4.69, 9.17) is 14.6 Å². The van der Waals surface area contributed by atoms with Crippen LogP contribution < -0.4 is 19.9 Å². The van der Waals surface area contributed by atoms with Gasteiger partial charge in [0.25, 0.3) is 0 Å². The molecule has 2 aliphatic rings. The number of fused-ring (bicyclic) bond motifs is 1. The van der Waals surface area contributed by atoms with Gasteiger partial charge >= 0.3 is 0 Å². The van der Waals surface area contributed by atoms with Crippen molar-refractivity contribution in [2.24, 2.45) is 5.14 Å². The molecule has 3 N–H and O–H groups in total. The highest BCUT2D eigenvalue weighted by atomic mass is 32.2. The number of likely N-dealkylation sites (tertiary alicyclic amines) is 1. The Hall–Kier alpha value is -2.62. The first kappa shape index (κ1) is 22.6. The summed E-state index contributed by atoms with van der Waals surface area (Å²) in [6.07, 6.45) is 3.53. The van der Waals surface area contributed by atoms with E-state index in [1.807, 2.05) is 12.1 Å². The molecule has 1 atom stereocenters. The number of carbonyl (C=O) groups excluding carboxylic acids is 1. The molecule has 0 spiro atoms. The first-order chi connectivity index (χ1) is 15.4. The van der Waals surface area contributed by atoms with Gasteiger partial charge in [-0.25, -0.2) is 13.6 Å². The maximum atomic E-state index is 12.5. The largest absolute Gasteiger partial charge is 0.490 e. The van der Waals surface area contributed by atoms with E-state index in [9.17, 15) is 13.2 Å². The summed E-state index contributed by atoms with van der Waals surface area (Å²) in [5.41, 5.74) is 2.08. The second-order valence-electron chi connectivity index (χ2n) is 8.17. The quantitative estimate of drug-likeness (QED) is 0.655. The van der Waals surface area contributed by atoms with Gasteiger partial charge in [0, 0.05) is 19.0 Å². The molecule has 1 amide bonds. The summed E-state index contributed by atoms with van der Waals surface area (Å²) in [6, 6.07) is 12.7. The topological polar surface area (TPSA) is 111 Å². The molecule has 2 aromatic carbocycles. The van der Waals surface area contributed by atoms with Crippen LogP contribution in [0.5, 0.6) is 11.5 Å². The molecule has 9 heteroatoms. The Morgan fingerprint density at radius 2 is 1.81 bits per heavy atom. The highest BCUT2D eigenvalue weighted by Gasteiger charge is 2.28. The maximum absolute atomic E-state index is 12.5. The van der Waals surface area contributed by atoms with E-state index < -0.39 is 10.0 Å². The van der Waals surface area contributed by atoms with Crippen LogP contribution in [0.15, 0.2) is 47.4 Å². The van der Waals surface area contributed by atoms with Crippen LogP contribution >= 0.6 is 0 Å². The van der Waals surface area contributed by atoms with Crippen LogP contribution in [0.3, 0.4) is 0 Å². The van der Waals surface area contributed by atoms with Gasteiger partial charge in [0.15, 0.2) is 11.5 Å². The SMILES string of the molecule is NS(=O)(=O)c1ccc(CCNC(=O)CN2CCCC2c2ccc3c(c2)OCCCO3)cc1. The van der Waals surface area contributed by atoms with Gasteiger partial charge < -0.3 is 14.8 Å². The van der Waals surface area contributed by atoms with Gasteiger partial charge in [-0.3, -0.25) is 9.69 Å². The number of nitrogens with one attached hydrogen (secondary N) is 1. The third-order valence-corrected chi connectivity index (χ3v) is 6.78. The zero-order valence-corrected chi connectivity index (χ0v) is 18.8. The van der Waals surface area contributed by atoms with Gasteiger partial charge in [0.05, 0.1) is 24.7 Å². The molecule has 1 saturated heterocycles. The lowest BCUT2D eigenvalue weighted by molar-refractivity contribution is -0.122. The number of benzene rings is 2. The van der Waals surface area contributed by atoms with Gasteiger partial charge in [0.2, 0.25) is 15.9 Å². The van der Waals surface area contributed by atoms with E-state index in [-0.39, 0.29) is 16.8 Å². The van der Waals surface area contributed by atoms with Crippen molar-refractivity contribution in [1.82, 2.24) is 10.2 Å². The smallest absolute Gasteiger partial charge is 0.238 e. The van der Waals surface area contributed by atoms with Crippen molar-refractivity contribution in [1.29, 1.82) is 0 Å². The van der Waals surface area contributed by atoms with Crippen LogP contribution in [0.4, 0.5) is 0 Å². The fraction of sp³-hybridized carbons (Fsp3) is 0.435. The third kappa shape index (κ3) is 5.59. The molecule has 172 valence electrons. The number of ether oxygens (including phenoxy) is 2. The van der Waals surface area contributed by atoms with E-state index in [1.165, 1.54) is 12.1 Å². The average molecular weight is 460 g/mol. The Kier molecular flexibility index (Phi) is 6.98. The van der Waals surface area contributed by atoms with Crippen LogP contribution in [0.25, 0.3) is 0 Å². The predicted molar refractivity (Wildman–Crippen MR) is 120 cm³/mol. The number of sulfonamides is 1. The summed E-state index contributed by atoms with van der Waals surface area (Å²) in [6.45, 7) is 3.01. The summed E-state index contributed by atoms with van der Waals surface area (Å²) < 4.78 is 34.2. The molecular weight excluding hydrogens is 430 g/mol. The van der Waals surface area contributed by atoms with E-state index in [0.717, 1.165) is 48.4 Å². The Labute approximate surface area is 188 Å². The van der Waals surface area contributed by atoms with E-state index >= 15 is 0 Å². The van der Waals surface area contributed by atoms with Gasteiger partial charge in [0.1, 0.15) is 0 Å². The predicted octanol–water partition coefficient (Wildman–Crippen LogP) is 1.99. The van der Waals surface area contributed by atoms with Crippen molar-refractivity contribution < 1.29 is 22.7 Å². The molecule has 2 aliphatic heterocycles. The van der Waals surface area contributed by atoms with Gasteiger partial charge in [-0.2, -0.15) is 0 Å².